The molecule has 0 aliphatic carbocycles. The third kappa shape index (κ3) is 4.46. The minimum Gasteiger partial charge on any atom is -0.493 e. The van der Waals surface area contributed by atoms with E-state index in [0.717, 1.165) is 11.3 Å². The number of carbonyl (C=O) groups excluding carboxylic acids is 1. The number of rotatable bonds is 6. The van der Waals surface area contributed by atoms with Crippen molar-refractivity contribution in [3.05, 3.63) is 52.0 Å². The van der Waals surface area contributed by atoms with Crippen molar-refractivity contribution in [3.8, 4) is 11.5 Å². The number of carbonyl (C=O) groups is 1. The van der Waals surface area contributed by atoms with Crippen LogP contribution in [0, 0.1) is 6.92 Å². The summed E-state index contributed by atoms with van der Waals surface area (Å²) in [6.07, 6.45) is 0. The highest BCUT2D eigenvalue weighted by Gasteiger charge is 2.12. The number of anilines is 1. The van der Waals surface area contributed by atoms with Crippen LogP contribution < -0.4 is 14.8 Å². The van der Waals surface area contributed by atoms with Crippen LogP contribution in [0.1, 0.15) is 11.1 Å². The summed E-state index contributed by atoms with van der Waals surface area (Å²) < 4.78 is 11.4. The molecule has 0 spiro atoms. The topological polar surface area (TPSA) is 67.8 Å². The Bertz CT molecular complexity index is 703. The largest absolute Gasteiger partial charge is 0.493 e. The number of hydrogen-bond donors (Lipinski definition) is 2. The van der Waals surface area contributed by atoms with E-state index in [0.29, 0.717) is 21.5 Å². The zero-order valence-electron chi connectivity index (χ0n) is 12.9. The molecule has 122 valence electrons. The first-order chi connectivity index (χ1) is 11.0. The SMILES string of the molecule is COc1cc(CO)c(Br)cc1OCC(=O)Nc1ccccc1C. The summed E-state index contributed by atoms with van der Waals surface area (Å²) in [4.78, 5) is 12.0. The summed E-state index contributed by atoms with van der Waals surface area (Å²) in [7, 11) is 1.50. The Morgan fingerprint density at radius 2 is 2.00 bits per heavy atom. The molecule has 2 N–H and O–H groups in total. The first kappa shape index (κ1) is 17.3. The highest BCUT2D eigenvalue weighted by molar-refractivity contribution is 9.10. The summed E-state index contributed by atoms with van der Waals surface area (Å²) in [6, 6.07) is 10.9. The molecule has 5 nitrogen and oxygen atoms in total. The predicted molar refractivity (Wildman–Crippen MR) is 91.9 cm³/mol. The zero-order valence-corrected chi connectivity index (χ0v) is 14.5. The second-order valence-electron chi connectivity index (χ2n) is 4.90. The number of para-hydroxylation sites is 1. The van der Waals surface area contributed by atoms with E-state index in [4.69, 9.17) is 9.47 Å². The summed E-state index contributed by atoms with van der Waals surface area (Å²) >= 11 is 3.34. The summed E-state index contributed by atoms with van der Waals surface area (Å²) in [6.45, 7) is 1.66. The van der Waals surface area contributed by atoms with Crippen LogP contribution in [0.2, 0.25) is 0 Å². The van der Waals surface area contributed by atoms with E-state index in [1.807, 2.05) is 31.2 Å². The molecule has 0 fully saturated rings. The number of ether oxygens (including phenoxy) is 2. The van der Waals surface area contributed by atoms with Gasteiger partial charge in [-0.25, -0.2) is 0 Å². The molecule has 0 heterocycles. The molecule has 0 radical (unpaired) electrons. The lowest BCUT2D eigenvalue weighted by atomic mass is 10.2. The lowest BCUT2D eigenvalue weighted by Crippen LogP contribution is -2.20. The maximum Gasteiger partial charge on any atom is 0.262 e. The smallest absolute Gasteiger partial charge is 0.262 e. The van der Waals surface area contributed by atoms with Crippen molar-refractivity contribution in [2.75, 3.05) is 19.0 Å². The molecule has 0 aliphatic rings. The van der Waals surface area contributed by atoms with Gasteiger partial charge in [0.05, 0.1) is 13.7 Å². The first-order valence-corrected chi connectivity index (χ1v) is 7.80. The van der Waals surface area contributed by atoms with Gasteiger partial charge in [0.1, 0.15) is 0 Å². The third-order valence-corrected chi connectivity index (χ3v) is 4.02. The normalized spacial score (nSPS) is 10.3. The minimum absolute atomic E-state index is 0.120. The van der Waals surface area contributed by atoms with E-state index in [-0.39, 0.29) is 19.1 Å². The zero-order chi connectivity index (χ0) is 16.8. The molecule has 23 heavy (non-hydrogen) atoms. The fraction of sp³-hybridized carbons (Fsp3) is 0.235. The fourth-order valence-corrected chi connectivity index (χ4v) is 2.46. The molecule has 6 heteroatoms. The standard InChI is InChI=1S/C17H18BrNO4/c1-11-5-3-4-6-14(11)19-17(21)10-23-16-8-13(18)12(9-20)7-15(16)22-2/h3-8,20H,9-10H2,1-2H3,(H,19,21). The van der Waals surface area contributed by atoms with Gasteiger partial charge in [-0.3, -0.25) is 4.79 Å². The Morgan fingerprint density at radius 3 is 2.65 bits per heavy atom. The van der Waals surface area contributed by atoms with Crippen LogP contribution in [-0.4, -0.2) is 24.7 Å². The van der Waals surface area contributed by atoms with Gasteiger partial charge in [-0.05, 0) is 36.2 Å². The molecule has 0 unspecified atom stereocenters. The number of aliphatic hydroxyl groups excluding tert-OH is 1. The number of nitrogens with one attached hydrogen (secondary N) is 1. The summed E-state index contributed by atoms with van der Waals surface area (Å²) in [5.41, 5.74) is 2.41. The van der Waals surface area contributed by atoms with Crippen LogP contribution in [0.4, 0.5) is 5.69 Å². The fourth-order valence-electron chi connectivity index (χ4n) is 2.01. The number of amides is 1. The summed E-state index contributed by atoms with van der Waals surface area (Å²) in [5.74, 6) is 0.626. The molecule has 2 rings (SSSR count). The predicted octanol–water partition coefficient (Wildman–Crippen LogP) is 3.28. The van der Waals surface area contributed by atoms with Gasteiger partial charge in [0.15, 0.2) is 18.1 Å². The number of aliphatic hydroxyl groups is 1. The Labute approximate surface area is 143 Å². The van der Waals surface area contributed by atoms with Gasteiger partial charge in [-0.15, -0.1) is 0 Å². The summed E-state index contributed by atoms with van der Waals surface area (Å²) in [5, 5.41) is 12.0. The molecule has 0 saturated heterocycles. The van der Waals surface area contributed by atoms with E-state index >= 15 is 0 Å². The Morgan fingerprint density at radius 1 is 1.26 bits per heavy atom. The first-order valence-electron chi connectivity index (χ1n) is 7.00. The van der Waals surface area contributed by atoms with E-state index in [1.54, 1.807) is 12.1 Å². The molecule has 2 aromatic carbocycles. The van der Waals surface area contributed by atoms with Gasteiger partial charge in [0.2, 0.25) is 0 Å². The lowest BCUT2D eigenvalue weighted by Gasteiger charge is -2.13. The van der Waals surface area contributed by atoms with Gasteiger partial charge in [-0.1, -0.05) is 34.1 Å². The van der Waals surface area contributed by atoms with Crippen LogP contribution in [0.25, 0.3) is 0 Å². The van der Waals surface area contributed by atoms with Crippen LogP contribution in [-0.2, 0) is 11.4 Å². The lowest BCUT2D eigenvalue weighted by molar-refractivity contribution is -0.118. The number of methoxy groups -OCH3 is 1. The molecule has 0 saturated carbocycles. The van der Waals surface area contributed by atoms with E-state index in [1.165, 1.54) is 7.11 Å². The molecule has 0 aromatic heterocycles. The number of halogens is 1. The highest BCUT2D eigenvalue weighted by atomic mass is 79.9. The van der Waals surface area contributed by atoms with Crippen LogP contribution >= 0.6 is 15.9 Å². The second-order valence-corrected chi connectivity index (χ2v) is 5.76. The highest BCUT2D eigenvalue weighted by Crippen LogP contribution is 2.33. The molecule has 0 bridgehead atoms. The Kier molecular flexibility index (Phi) is 6.01. The average molecular weight is 380 g/mol. The molecule has 0 atom stereocenters. The van der Waals surface area contributed by atoms with Gasteiger partial charge in [0.25, 0.3) is 5.91 Å². The van der Waals surface area contributed by atoms with Crippen molar-refractivity contribution in [1.82, 2.24) is 0 Å². The third-order valence-electron chi connectivity index (χ3n) is 3.28. The number of benzene rings is 2. The van der Waals surface area contributed by atoms with Crippen LogP contribution in [0.15, 0.2) is 40.9 Å². The molecule has 2 aromatic rings. The van der Waals surface area contributed by atoms with Crippen molar-refractivity contribution < 1.29 is 19.4 Å². The van der Waals surface area contributed by atoms with Crippen LogP contribution in [0.5, 0.6) is 11.5 Å². The monoisotopic (exact) mass is 379 g/mol. The minimum atomic E-state index is -0.260. The van der Waals surface area contributed by atoms with Gasteiger partial charge in [-0.2, -0.15) is 0 Å². The molecule has 0 aliphatic heterocycles. The number of hydrogen-bond acceptors (Lipinski definition) is 4. The van der Waals surface area contributed by atoms with Crippen molar-refractivity contribution in [1.29, 1.82) is 0 Å². The maximum atomic E-state index is 12.0. The van der Waals surface area contributed by atoms with Gasteiger partial charge < -0.3 is 19.9 Å². The van der Waals surface area contributed by atoms with Gasteiger partial charge in [0, 0.05) is 10.2 Å². The molecule has 1 amide bonds. The van der Waals surface area contributed by atoms with Crippen LogP contribution in [0.3, 0.4) is 0 Å². The van der Waals surface area contributed by atoms with Crippen molar-refractivity contribution in [2.24, 2.45) is 0 Å². The van der Waals surface area contributed by atoms with Crippen molar-refractivity contribution in [3.63, 3.8) is 0 Å². The second kappa shape index (κ2) is 7.99. The number of aryl methyl sites for hydroxylation is 1. The average Bonchev–Trinajstić information content (AvgIpc) is 2.55. The van der Waals surface area contributed by atoms with E-state index in [9.17, 15) is 9.90 Å². The quantitative estimate of drug-likeness (QED) is 0.807. The van der Waals surface area contributed by atoms with E-state index < -0.39 is 0 Å². The van der Waals surface area contributed by atoms with Crippen molar-refractivity contribution in [2.45, 2.75) is 13.5 Å². The van der Waals surface area contributed by atoms with Crippen molar-refractivity contribution >= 4 is 27.5 Å². The Balaban J connectivity index is 2.04. The molecular formula is C17H18BrNO4. The molecular weight excluding hydrogens is 362 g/mol. The van der Waals surface area contributed by atoms with E-state index in [2.05, 4.69) is 21.2 Å². The maximum absolute atomic E-state index is 12.0. The van der Waals surface area contributed by atoms with Gasteiger partial charge >= 0.3 is 0 Å². The Hall–Kier alpha value is -2.05.